The molecule has 0 saturated carbocycles. The summed E-state index contributed by atoms with van der Waals surface area (Å²) in [6.45, 7) is 4.06. The Labute approximate surface area is 209 Å². The molecule has 1 fully saturated rings. The molecule has 4 heterocycles. The summed E-state index contributed by atoms with van der Waals surface area (Å²) < 4.78 is 6.09. The Balaban J connectivity index is 1.35. The standard InChI is InChI=1S/C28H27ClN4O2/c29-27-22-15-31-28(34)26(22)21(13-25(27)35-17-19-5-4-8-30-14-19)24-12-20-11-18(6-7-23(20)32-24)16-33-9-2-1-3-10-33/h4-8,11-14,32H,1-3,9-10,15-17H2,(H,31,34). The topological polar surface area (TPSA) is 70.2 Å². The van der Waals surface area contributed by atoms with Crippen LogP contribution in [0.15, 0.2) is 54.9 Å². The molecule has 2 aromatic heterocycles. The number of benzene rings is 2. The van der Waals surface area contributed by atoms with Crippen molar-refractivity contribution in [2.24, 2.45) is 0 Å². The van der Waals surface area contributed by atoms with Gasteiger partial charge in [-0.15, -0.1) is 0 Å². The normalized spacial score (nSPS) is 15.9. The maximum atomic E-state index is 12.8. The molecule has 0 aliphatic carbocycles. The number of pyridine rings is 1. The van der Waals surface area contributed by atoms with E-state index in [1.165, 1.54) is 37.9 Å². The van der Waals surface area contributed by atoms with Crippen LogP contribution in [0.3, 0.4) is 0 Å². The van der Waals surface area contributed by atoms with Gasteiger partial charge in [-0.1, -0.05) is 30.2 Å². The molecule has 6 rings (SSSR count). The molecule has 2 aromatic carbocycles. The molecule has 178 valence electrons. The highest BCUT2D eigenvalue weighted by Crippen LogP contribution is 2.41. The Morgan fingerprint density at radius 3 is 2.77 bits per heavy atom. The van der Waals surface area contributed by atoms with Gasteiger partial charge in [-0.2, -0.15) is 0 Å². The summed E-state index contributed by atoms with van der Waals surface area (Å²) in [6, 6.07) is 14.4. The lowest BCUT2D eigenvalue weighted by atomic mass is 9.99. The second kappa shape index (κ2) is 9.36. The van der Waals surface area contributed by atoms with E-state index in [2.05, 4.69) is 44.5 Å². The third kappa shape index (κ3) is 4.40. The third-order valence-corrected chi connectivity index (χ3v) is 7.34. The lowest BCUT2D eigenvalue weighted by Gasteiger charge is -2.26. The van der Waals surface area contributed by atoms with Crippen LogP contribution >= 0.6 is 11.6 Å². The van der Waals surface area contributed by atoms with Crippen LogP contribution in [-0.2, 0) is 19.7 Å². The average molecular weight is 487 g/mol. The predicted molar refractivity (Wildman–Crippen MR) is 138 cm³/mol. The number of aromatic amines is 1. The average Bonchev–Trinajstić information content (AvgIpc) is 3.49. The molecule has 35 heavy (non-hydrogen) atoms. The largest absolute Gasteiger partial charge is 0.487 e. The molecule has 0 spiro atoms. The smallest absolute Gasteiger partial charge is 0.252 e. The van der Waals surface area contributed by atoms with Crippen molar-refractivity contribution in [3.8, 4) is 17.0 Å². The van der Waals surface area contributed by atoms with Gasteiger partial charge in [0, 0.05) is 58.8 Å². The molecule has 2 aliphatic rings. The van der Waals surface area contributed by atoms with Crippen molar-refractivity contribution < 1.29 is 9.53 Å². The van der Waals surface area contributed by atoms with E-state index in [1.807, 2.05) is 18.2 Å². The zero-order chi connectivity index (χ0) is 23.8. The van der Waals surface area contributed by atoms with Gasteiger partial charge in [0.25, 0.3) is 5.91 Å². The molecule has 0 unspecified atom stereocenters. The van der Waals surface area contributed by atoms with Gasteiger partial charge < -0.3 is 15.0 Å². The number of carbonyl (C=O) groups is 1. The number of hydrogen-bond acceptors (Lipinski definition) is 4. The monoisotopic (exact) mass is 486 g/mol. The fraction of sp³-hybridized carbons (Fsp3) is 0.286. The number of likely N-dealkylation sites (tertiary alicyclic amines) is 1. The van der Waals surface area contributed by atoms with Crippen LogP contribution in [0.25, 0.3) is 22.2 Å². The number of ether oxygens (including phenoxy) is 1. The summed E-state index contributed by atoms with van der Waals surface area (Å²) in [5, 5.41) is 4.53. The highest BCUT2D eigenvalue weighted by atomic mass is 35.5. The van der Waals surface area contributed by atoms with Crippen LogP contribution in [0.5, 0.6) is 5.75 Å². The number of piperidine rings is 1. The Morgan fingerprint density at radius 2 is 1.94 bits per heavy atom. The van der Waals surface area contributed by atoms with Gasteiger partial charge in [0.05, 0.1) is 10.6 Å². The van der Waals surface area contributed by atoms with Gasteiger partial charge in [0.2, 0.25) is 0 Å². The van der Waals surface area contributed by atoms with E-state index < -0.39 is 0 Å². The molecule has 7 heteroatoms. The van der Waals surface area contributed by atoms with Crippen molar-refractivity contribution in [3.63, 3.8) is 0 Å². The minimum atomic E-state index is -0.111. The van der Waals surface area contributed by atoms with Crippen molar-refractivity contribution in [2.75, 3.05) is 13.1 Å². The zero-order valence-electron chi connectivity index (χ0n) is 19.4. The quantitative estimate of drug-likeness (QED) is 0.367. The molecule has 0 radical (unpaired) electrons. The van der Waals surface area contributed by atoms with Crippen LogP contribution in [-0.4, -0.2) is 33.9 Å². The first kappa shape index (κ1) is 22.1. The number of nitrogens with one attached hydrogen (secondary N) is 2. The number of carbonyl (C=O) groups excluding carboxylic acids is 1. The lowest BCUT2D eigenvalue weighted by Crippen LogP contribution is -2.28. The van der Waals surface area contributed by atoms with E-state index >= 15 is 0 Å². The molecule has 0 bridgehead atoms. The molecule has 1 amide bonds. The second-order valence-corrected chi connectivity index (χ2v) is 9.74. The molecular weight excluding hydrogens is 460 g/mol. The highest BCUT2D eigenvalue weighted by Gasteiger charge is 2.29. The van der Waals surface area contributed by atoms with Crippen molar-refractivity contribution in [3.05, 3.63) is 82.1 Å². The maximum Gasteiger partial charge on any atom is 0.252 e. The van der Waals surface area contributed by atoms with E-state index in [1.54, 1.807) is 12.4 Å². The van der Waals surface area contributed by atoms with E-state index in [4.69, 9.17) is 16.3 Å². The Morgan fingerprint density at radius 1 is 1.06 bits per heavy atom. The summed E-state index contributed by atoms with van der Waals surface area (Å²) in [5.74, 6) is 0.449. The number of rotatable bonds is 6. The number of amides is 1. The van der Waals surface area contributed by atoms with Crippen LogP contribution in [0, 0.1) is 0 Å². The SMILES string of the molecule is O=C1NCc2c(Cl)c(OCc3cccnc3)cc(-c3cc4cc(CN5CCCCC5)ccc4[nH]3)c21. The molecular formula is C28H27ClN4O2. The van der Waals surface area contributed by atoms with E-state index in [0.29, 0.717) is 29.5 Å². The molecule has 4 aromatic rings. The van der Waals surface area contributed by atoms with Gasteiger partial charge in [-0.05, 0) is 61.8 Å². The molecule has 0 atom stereocenters. The summed E-state index contributed by atoms with van der Waals surface area (Å²) in [6.07, 6.45) is 7.40. The minimum Gasteiger partial charge on any atom is -0.487 e. The number of aromatic nitrogens is 2. The maximum absolute atomic E-state index is 12.8. The zero-order valence-corrected chi connectivity index (χ0v) is 20.2. The third-order valence-electron chi connectivity index (χ3n) is 6.93. The number of hydrogen-bond donors (Lipinski definition) is 2. The first-order valence-electron chi connectivity index (χ1n) is 12.2. The fourth-order valence-corrected chi connectivity index (χ4v) is 5.40. The lowest BCUT2D eigenvalue weighted by molar-refractivity contribution is 0.0966. The summed E-state index contributed by atoms with van der Waals surface area (Å²) in [7, 11) is 0. The number of fused-ring (bicyclic) bond motifs is 2. The highest BCUT2D eigenvalue weighted by molar-refractivity contribution is 6.34. The van der Waals surface area contributed by atoms with E-state index in [9.17, 15) is 4.79 Å². The number of H-pyrrole nitrogens is 1. The second-order valence-electron chi connectivity index (χ2n) is 9.36. The van der Waals surface area contributed by atoms with Crippen LogP contribution in [0.2, 0.25) is 5.02 Å². The summed E-state index contributed by atoms with van der Waals surface area (Å²) in [5.41, 5.74) is 6.38. The van der Waals surface area contributed by atoms with Crippen LogP contribution in [0.1, 0.15) is 46.3 Å². The fourth-order valence-electron chi connectivity index (χ4n) is 5.13. The van der Waals surface area contributed by atoms with E-state index in [0.717, 1.165) is 39.8 Å². The minimum absolute atomic E-state index is 0.111. The number of nitrogens with zero attached hydrogens (tertiary/aromatic N) is 2. The Hall–Kier alpha value is -3.35. The van der Waals surface area contributed by atoms with Gasteiger partial charge >= 0.3 is 0 Å². The van der Waals surface area contributed by atoms with Crippen molar-refractivity contribution in [1.29, 1.82) is 0 Å². The van der Waals surface area contributed by atoms with Crippen molar-refractivity contribution in [1.82, 2.24) is 20.2 Å². The van der Waals surface area contributed by atoms with Gasteiger partial charge in [0.15, 0.2) is 0 Å². The number of halogens is 1. The predicted octanol–water partition coefficient (Wildman–Crippen LogP) is 5.69. The first-order valence-corrected chi connectivity index (χ1v) is 12.5. The van der Waals surface area contributed by atoms with Crippen LogP contribution in [0.4, 0.5) is 0 Å². The van der Waals surface area contributed by atoms with E-state index in [-0.39, 0.29) is 5.91 Å². The molecule has 2 aliphatic heterocycles. The summed E-state index contributed by atoms with van der Waals surface area (Å²) >= 11 is 6.69. The van der Waals surface area contributed by atoms with Crippen molar-refractivity contribution in [2.45, 2.75) is 39.0 Å². The van der Waals surface area contributed by atoms with Gasteiger partial charge in [-0.25, -0.2) is 0 Å². The molecule has 1 saturated heterocycles. The molecule has 6 nitrogen and oxygen atoms in total. The Kier molecular flexibility index (Phi) is 5.92. The summed E-state index contributed by atoms with van der Waals surface area (Å²) in [4.78, 5) is 22.9. The first-order chi connectivity index (χ1) is 17.2. The molecule has 2 N–H and O–H groups in total. The van der Waals surface area contributed by atoms with Gasteiger partial charge in [0.1, 0.15) is 12.4 Å². The Bertz CT molecular complexity index is 1390. The van der Waals surface area contributed by atoms with Crippen molar-refractivity contribution >= 4 is 28.4 Å². The van der Waals surface area contributed by atoms with Gasteiger partial charge in [-0.3, -0.25) is 14.7 Å². The van der Waals surface area contributed by atoms with Crippen LogP contribution < -0.4 is 10.1 Å².